The van der Waals surface area contributed by atoms with E-state index in [4.69, 9.17) is 9.72 Å². The Morgan fingerprint density at radius 1 is 1.18 bits per heavy atom. The number of nitrogens with zero attached hydrogens (tertiary/aromatic N) is 2. The molecule has 7 nitrogen and oxygen atoms in total. The van der Waals surface area contributed by atoms with E-state index in [2.05, 4.69) is 45.0 Å². The van der Waals surface area contributed by atoms with E-state index in [0.29, 0.717) is 28.5 Å². The molecule has 0 bridgehead atoms. The predicted octanol–water partition coefficient (Wildman–Crippen LogP) is 4.16. The number of H-pyrrole nitrogens is 1. The molecule has 34 heavy (non-hydrogen) atoms. The molecule has 2 aliphatic heterocycles. The topological polar surface area (TPSA) is 87.3 Å². The van der Waals surface area contributed by atoms with Crippen molar-refractivity contribution >= 4 is 39.3 Å². The number of hydrogen-bond donors (Lipinski definition) is 2. The molecule has 1 aliphatic carbocycles. The summed E-state index contributed by atoms with van der Waals surface area (Å²) in [6.45, 7) is 8.55. The Morgan fingerprint density at radius 2 is 1.91 bits per heavy atom. The van der Waals surface area contributed by atoms with Crippen molar-refractivity contribution < 1.29 is 9.53 Å². The van der Waals surface area contributed by atoms with E-state index in [0.717, 1.165) is 60.8 Å². The molecule has 0 saturated carbocycles. The number of Topliss-reactive ketones (excluding diaryl/α,β-unsaturated/α-hetero) is 1. The smallest absolute Gasteiger partial charge is 0.257 e. The third-order valence-corrected chi connectivity index (χ3v) is 8.04. The molecule has 9 heteroatoms. The van der Waals surface area contributed by atoms with Crippen molar-refractivity contribution in [3.63, 3.8) is 0 Å². The lowest BCUT2D eigenvalue weighted by atomic mass is 9.69. The summed E-state index contributed by atoms with van der Waals surface area (Å²) in [4.78, 5) is 36.9. The van der Waals surface area contributed by atoms with Crippen molar-refractivity contribution in [3.8, 4) is 0 Å². The second kappa shape index (κ2) is 9.60. The van der Waals surface area contributed by atoms with Crippen LogP contribution in [0.2, 0.25) is 0 Å². The number of aromatic nitrogens is 2. The van der Waals surface area contributed by atoms with Crippen LogP contribution in [-0.2, 0) is 9.53 Å². The molecule has 2 N–H and O–H groups in total. The van der Waals surface area contributed by atoms with Crippen LogP contribution in [0.1, 0.15) is 43.7 Å². The Labute approximate surface area is 211 Å². The number of hydrogen-bond acceptors (Lipinski definition) is 7. The maximum atomic E-state index is 13.4. The van der Waals surface area contributed by atoms with Crippen molar-refractivity contribution in [1.29, 1.82) is 0 Å². The third kappa shape index (κ3) is 4.89. The quantitative estimate of drug-likeness (QED) is 0.431. The molecule has 1 fully saturated rings. The number of nitrogens with one attached hydrogen (secondary N) is 2. The Kier molecular flexibility index (Phi) is 6.72. The van der Waals surface area contributed by atoms with Crippen molar-refractivity contribution in [1.82, 2.24) is 14.9 Å². The molecule has 5 rings (SSSR count). The van der Waals surface area contributed by atoms with E-state index in [1.165, 1.54) is 0 Å². The zero-order chi connectivity index (χ0) is 23.9. The van der Waals surface area contributed by atoms with Gasteiger partial charge in [0.05, 0.1) is 18.8 Å². The maximum absolute atomic E-state index is 13.4. The summed E-state index contributed by atoms with van der Waals surface area (Å²) < 4.78 is 6.37. The number of thioether (sulfide) groups is 1. The van der Waals surface area contributed by atoms with Gasteiger partial charge in [-0.25, -0.2) is 4.98 Å². The van der Waals surface area contributed by atoms with Gasteiger partial charge in [0.2, 0.25) is 0 Å². The van der Waals surface area contributed by atoms with Gasteiger partial charge in [0.15, 0.2) is 10.9 Å². The fourth-order valence-corrected chi connectivity index (χ4v) is 6.17. The van der Waals surface area contributed by atoms with E-state index in [9.17, 15) is 9.59 Å². The van der Waals surface area contributed by atoms with Crippen LogP contribution in [0.15, 0.2) is 50.0 Å². The second-order valence-electron chi connectivity index (χ2n) is 9.88. The van der Waals surface area contributed by atoms with E-state index in [1.807, 2.05) is 24.3 Å². The maximum Gasteiger partial charge on any atom is 0.257 e. The highest BCUT2D eigenvalue weighted by atomic mass is 79.9. The average Bonchev–Trinajstić information content (AvgIpc) is 2.78. The predicted molar refractivity (Wildman–Crippen MR) is 137 cm³/mol. The molecular weight excluding hydrogens is 516 g/mol. The van der Waals surface area contributed by atoms with Gasteiger partial charge in [0.25, 0.3) is 5.56 Å². The van der Waals surface area contributed by atoms with E-state index < -0.39 is 5.92 Å². The first-order valence-electron chi connectivity index (χ1n) is 11.7. The number of fused-ring (bicyclic) bond motifs is 1. The van der Waals surface area contributed by atoms with E-state index in [1.54, 1.807) is 11.8 Å². The summed E-state index contributed by atoms with van der Waals surface area (Å²) in [5, 5.41) is 4.00. The van der Waals surface area contributed by atoms with Gasteiger partial charge in [0.1, 0.15) is 5.82 Å². The molecule has 0 radical (unpaired) electrons. The summed E-state index contributed by atoms with van der Waals surface area (Å²) in [5.74, 6) is 1.07. The number of ether oxygens (including phenoxy) is 1. The molecular formula is C25H29BrN4O3S. The normalized spacial score (nSPS) is 22.2. The number of rotatable bonds is 5. The molecule has 0 spiro atoms. The first kappa shape index (κ1) is 23.8. The molecule has 2 aromatic rings. The lowest BCUT2D eigenvalue weighted by Gasteiger charge is -2.38. The Bertz CT molecular complexity index is 1190. The van der Waals surface area contributed by atoms with Gasteiger partial charge in [-0.2, -0.15) is 0 Å². The van der Waals surface area contributed by atoms with Crippen LogP contribution in [0.25, 0.3) is 0 Å². The second-order valence-corrected chi connectivity index (χ2v) is 11.9. The minimum Gasteiger partial charge on any atom is -0.379 e. The van der Waals surface area contributed by atoms with E-state index >= 15 is 0 Å². The van der Waals surface area contributed by atoms with Gasteiger partial charge in [-0.3, -0.25) is 14.5 Å². The molecule has 1 aromatic carbocycles. The van der Waals surface area contributed by atoms with Crippen LogP contribution in [0.5, 0.6) is 0 Å². The lowest BCUT2D eigenvalue weighted by molar-refractivity contribution is -0.118. The summed E-state index contributed by atoms with van der Waals surface area (Å²) in [6, 6.07) is 7.86. The highest BCUT2D eigenvalue weighted by Gasteiger charge is 2.42. The van der Waals surface area contributed by atoms with E-state index in [-0.39, 0.29) is 16.8 Å². The summed E-state index contributed by atoms with van der Waals surface area (Å²) in [7, 11) is 0. The van der Waals surface area contributed by atoms with Crippen molar-refractivity contribution in [3.05, 3.63) is 61.5 Å². The fourth-order valence-electron chi connectivity index (χ4n) is 5.05. The summed E-state index contributed by atoms with van der Waals surface area (Å²) in [5.41, 5.74) is 2.71. The van der Waals surface area contributed by atoms with Gasteiger partial charge >= 0.3 is 0 Å². The molecule has 3 aliphatic rings. The monoisotopic (exact) mass is 544 g/mol. The van der Waals surface area contributed by atoms with Gasteiger partial charge < -0.3 is 15.0 Å². The first-order chi connectivity index (χ1) is 16.3. The molecule has 3 heterocycles. The van der Waals surface area contributed by atoms with Crippen LogP contribution >= 0.6 is 27.7 Å². The Balaban J connectivity index is 1.49. The van der Waals surface area contributed by atoms with Gasteiger partial charge in [-0.05, 0) is 29.5 Å². The number of morpholine rings is 1. The van der Waals surface area contributed by atoms with Crippen LogP contribution in [-0.4, -0.2) is 59.3 Å². The minimum absolute atomic E-state index is 0.0979. The highest BCUT2D eigenvalue weighted by Crippen LogP contribution is 2.47. The van der Waals surface area contributed by atoms with Gasteiger partial charge in [-0.15, -0.1) is 0 Å². The molecule has 0 amide bonds. The molecule has 1 aromatic heterocycles. The highest BCUT2D eigenvalue weighted by molar-refractivity contribution is 9.10. The number of allylic oxidation sites excluding steroid dienone is 2. The van der Waals surface area contributed by atoms with Gasteiger partial charge in [0, 0.05) is 53.5 Å². The number of carbonyl (C=O) groups excluding carboxylic acids is 1. The molecule has 0 unspecified atom stereocenters. The molecule has 1 saturated heterocycles. The fraction of sp³-hybridized carbons (Fsp3) is 0.480. The van der Waals surface area contributed by atoms with Crippen molar-refractivity contribution in [2.24, 2.45) is 5.41 Å². The lowest BCUT2D eigenvalue weighted by Crippen LogP contribution is -2.37. The average molecular weight is 546 g/mol. The van der Waals surface area contributed by atoms with Crippen LogP contribution < -0.4 is 10.9 Å². The van der Waals surface area contributed by atoms with Gasteiger partial charge in [-0.1, -0.05) is 53.7 Å². The Hall–Kier alpha value is -1.94. The van der Waals surface area contributed by atoms with Crippen molar-refractivity contribution in [2.45, 2.75) is 37.8 Å². The summed E-state index contributed by atoms with van der Waals surface area (Å²) in [6.07, 6.45) is 1.21. The number of aromatic amines is 1. The number of ketones is 1. The minimum atomic E-state index is -0.424. The first-order valence-corrected chi connectivity index (χ1v) is 13.4. The standard InChI is InChI=1S/C25H29BrN4O3S/c1-25(2)13-17-20(18(31)14-25)19(15-3-5-16(26)6-4-15)21-22(27-17)28-24(29-23(21)32)34-12-9-30-7-10-33-11-8-30/h3-6,19H,7-14H2,1-2H3,(H2,27,28,29,32)/t19-/m0/s1. The number of benzene rings is 1. The Morgan fingerprint density at radius 3 is 2.65 bits per heavy atom. The molecule has 180 valence electrons. The largest absolute Gasteiger partial charge is 0.379 e. The third-order valence-electron chi connectivity index (χ3n) is 6.65. The van der Waals surface area contributed by atoms with Crippen LogP contribution in [0, 0.1) is 5.41 Å². The van der Waals surface area contributed by atoms with Crippen LogP contribution in [0.4, 0.5) is 5.82 Å². The SMILES string of the molecule is CC1(C)CC(=O)C2=C(C1)Nc1nc(SCCN3CCOCC3)[nH]c(=O)c1[C@H]2c1ccc(Br)cc1. The number of halogens is 1. The zero-order valence-electron chi connectivity index (χ0n) is 19.4. The molecule has 1 atom stereocenters. The zero-order valence-corrected chi connectivity index (χ0v) is 21.9. The number of anilines is 1. The van der Waals surface area contributed by atoms with Crippen LogP contribution in [0.3, 0.4) is 0 Å². The number of carbonyl (C=O) groups is 1. The van der Waals surface area contributed by atoms with Crippen molar-refractivity contribution in [2.75, 3.05) is 43.9 Å². The summed E-state index contributed by atoms with van der Waals surface area (Å²) >= 11 is 5.04.